The van der Waals surface area contributed by atoms with Crippen LogP contribution >= 0.6 is 0 Å². The Morgan fingerprint density at radius 1 is 0.971 bits per heavy atom. The molecule has 3 N–H and O–H groups in total. The van der Waals surface area contributed by atoms with Gasteiger partial charge < -0.3 is 25.4 Å². The maximum atomic E-state index is 13.6. The monoisotopic (exact) mass is 469 g/mol. The van der Waals surface area contributed by atoms with Crippen LogP contribution in [0.3, 0.4) is 0 Å². The van der Waals surface area contributed by atoms with E-state index in [0.29, 0.717) is 11.3 Å². The third kappa shape index (κ3) is 7.23. The molecule has 8 heteroatoms. The first-order valence-electron chi connectivity index (χ1n) is 11.3. The van der Waals surface area contributed by atoms with E-state index in [2.05, 4.69) is 10.6 Å². The predicted molar refractivity (Wildman–Crippen MR) is 131 cm³/mol. The highest BCUT2D eigenvalue weighted by Gasteiger charge is 2.36. The van der Waals surface area contributed by atoms with Crippen molar-refractivity contribution in [3.63, 3.8) is 0 Å². The molecule has 0 aromatic heterocycles. The number of ether oxygens (including phenoxy) is 1. The summed E-state index contributed by atoms with van der Waals surface area (Å²) < 4.78 is 5.27. The second kappa shape index (κ2) is 11.0. The lowest BCUT2D eigenvalue weighted by molar-refractivity contribution is -0.142. The minimum Gasteiger partial charge on any atom is -0.508 e. The average molecular weight is 470 g/mol. The summed E-state index contributed by atoms with van der Waals surface area (Å²) in [7, 11) is 0. The zero-order valence-corrected chi connectivity index (χ0v) is 20.9. The molecule has 0 saturated heterocycles. The Kier molecular flexibility index (Phi) is 8.68. The van der Waals surface area contributed by atoms with Crippen LogP contribution in [-0.2, 0) is 14.3 Å². The van der Waals surface area contributed by atoms with E-state index in [-0.39, 0.29) is 11.8 Å². The molecule has 2 atom stereocenters. The predicted octanol–water partition coefficient (Wildman–Crippen LogP) is 4.53. The third-order valence-corrected chi connectivity index (χ3v) is 5.05. The molecule has 184 valence electrons. The second-order valence-corrected chi connectivity index (χ2v) is 9.51. The van der Waals surface area contributed by atoms with Crippen LogP contribution in [0.15, 0.2) is 48.5 Å². The summed E-state index contributed by atoms with van der Waals surface area (Å²) in [6.45, 7) is 12.2. The molecule has 0 spiro atoms. The molecule has 8 nitrogen and oxygen atoms in total. The molecule has 34 heavy (non-hydrogen) atoms. The van der Waals surface area contributed by atoms with Crippen molar-refractivity contribution in [2.24, 2.45) is 0 Å². The summed E-state index contributed by atoms with van der Waals surface area (Å²) in [6.07, 6.45) is -0.720. The Bertz CT molecular complexity index is 1010. The first-order valence-corrected chi connectivity index (χ1v) is 11.3. The Labute approximate surface area is 201 Å². The zero-order chi connectivity index (χ0) is 25.6. The lowest BCUT2D eigenvalue weighted by atomic mass is 10.0. The average Bonchev–Trinajstić information content (AvgIpc) is 2.72. The number of carbonyl (C=O) groups is 3. The smallest absolute Gasteiger partial charge is 0.408 e. The van der Waals surface area contributed by atoms with E-state index in [0.717, 1.165) is 5.56 Å². The van der Waals surface area contributed by atoms with Gasteiger partial charge in [0.1, 0.15) is 23.4 Å². The first kappa shape index (κ1) is 26.7. The van der Waals surface area contributed by atoms with E-state index in [4.69, 9.17) is 4.74 Å². The largest absolute Gasteiger partial charge is 0.508 e. The van der Waals surface area contributed by atoms with Crippen molar-refractivity contribution < 1.29 is 24.2 Å². The van der Waals surface area contributed by atoms with E-state index >= 15 is 0 Å². The number of nitrogens with zero attached hydrogens (tertiary/aromatic N) is 1. The lowest BCUT2D eigenvalue weighted by Gasteiger charge is -2.36. The topological polar surface area (TPSA) is 108 Å². The number of anilines is 1. The maximum absolute atomic E-state index is 13.6. The zero-order valence-electron chi connectivity index (χ0n) is 20.9. The Morgan fingerprint density at radius 2 is 1.56 bits per heavy atom. The van der Waals surface area contributed by atoms with Gasteiger partial charge in [0, 0.05) is 11.7 Å². The van der Waals surface area contributed by atoms with Gasteiger partial charge in [0.05, 0.1) is 0 Å². The summed E-state index contributed by atoms with van der Waals surface area (Å²) in [5.41, 5.74) is 1.32. The number of aryl methyl sites for hydroxylation is 1. The molecule has 0 aliphatic carbocycles. The van der Waals surface area contributed by atoms with Crippen LogP contribution in [0.2, 0.25) is 0 Å². The number of hydrogen-bond acceptors (Lipinski definition) is 5. The van der Waals surface area contributed by atoms with Crippen molar-refractivity contribution in [1.82, 2.24) is 10.2 Å². The number of para-hydroxylation sites is 1. The lowest BCUT2D eigenvalue weighted by Crippen LogP contribution is -2.53. The number of phenolic OH excluding ortho intramolecular Hbond substituents is 1. The van der Waals surface area contributed by atoms with Crippen molar-refractivity contribution in [1.29, 1.82) is 0 Å². The minimum atomic E-state index is -1.00. The fourth-order valence-electron chi connectivity index (χ4n) is 3.46. The third-order valence-electron chi connectivity index (χ3n) is 5.05. The second-order valence-electron chi connectivity index (χ2n) is 9.51. The summed E-state index contributed by atoms with van der Waals surface area (Å²) in [6, 6.07) is 11.2. The number of nitrogens with one attached hydrogen (secondary N) is 2. The number of amides is 3. The molecule has 3 amide bonds. The van der Waals surface area contributed by atoms with Crippen molar-refractivity contribution in [2.45, 2.75) is 72.2 Å². The Morgan fingerprint density at radius 3 is 2.09 bits per heavy atom. The highest BCUT2D eigenvalue weighted by atomic mass is 16.6. The number of carbonyl (C=O) groups excluding carboxylic acids is 3. The number of aromatic hydroxyl groups is 1. The summed E-state index contributed by atoms with van der Waals surface area (Å²) >= 11 is 0. The molecule has 2 aromatic carbocycles. The van der Waals surface area contributed by atoms with Crippen LogP contribution in [0.5, 0.6) is 5.75 Å². The summed E-state index contributed by atoms with van der Waals surface area (Å²) in [4.78, 5) is 40.7. The minimum absolute atomic E-state index is 0.0456. The highest BCUT2D eigenvalue weighted by molar-refractivity contribution is 5.99. The van der Waals surface area contributed by atoms with Gasteiger partial charge in [-0.1, -0.05) is 30.3 Å². The number of benzene rings is 2. The van der Waals surface area contributed by atoms with Crippen LogP contribution in [0.25, 0.3) is 0 Å². The first-order chi connectivity index (χ1) is 15.8. The van der Waals surface area contributed by atoms with Crippen LogP contribution < -0.4 is 10.6 Å². The number of rotatable bonds is 7. The molecular formula is C26H35N3O5. The van der Waals surface area contributed by atoms with Crippen molar-refractivity contribution in [3.8, 4) is 5.75 Å². The molecule has 2 unspecified atom stereocenters. The molecular weight excluding hydrogens is 434 g/mol. The molecule has 2 rings (SSSR count). The quantitative estimate of drug-likeness (QED) is 0.552. The maximum Gasteiger partial charge on any atom is 0.408 e. The SMILES string of the molecule is Cc1ccccc1NC(=O)C(c1ccc(O)cc1)N(C(=O)C(C)NC(=O)OC(C)(C)C)C(C)C. The van der Waals surface area contributed by atoms with Crippen molar-refractivity contribution in [2.75, 3.05) is 5.32 Å². The standard InChI is InChI=1S/C26H35N3O5/c1-16(2)29(24(32)18(4)27-25(33)34-26(5,6)7)22(19-12-14-20(30)15-13-19)23(31)28-21-11-9-8-10-17(21)3/h8-16,18,22,30H,1-7H3,(H,27,33)(H,28,31). The summed E-state index contributed by atoms with van der Waals surface area (Å²) in [5.74, 6) is -0.811. The fourth-order valence-corrected chi connectivity index (χ4v) is 3.46. The van der Waals surface area contributed by atoms with Gasteiger partial charge in [0.15, 0.2) is 0 Å². The number of alkyl carbamates (subject to hydrolysis) is 1. The summed E-state index contributed by atoms with van der Waals surface area (Å²) in [5, 5.41) is 15.2. The molecule has 0 bridgehead atoms. The Hall–Kier alpha value is -3.55. The molecule has 0 saturated carbocycles. The fraction of sp³-hybridized carbons (Fsp3) is 0.423. The number of phenols is 1. The Balaban J connectivity index is 2.40. The van der Waals surface area contributed by atoms with Gasteiger partial charge in [0.25, 0.3) is 5.91 Å². The molecule has 0 radical (unpaired) electrons. The highest BCUT2D eigenvalue weighted by Crippen LogP contribution is 2.28. The molecule has 0 fully saturated rings. The van der Waals surface area contributed by atoms with Crippen molar-refractivity contribution in [3.05, 3.63) is 59.7 Å². The van der Waals surface area contributed by atoms with E-state index in [9.17, 15) is 19.5 Å². The van der Waals surface area contributed by atoms with Crippen LogP contribution in [0.1, 0.15) is 58.7 Å². The van der Waals surface area contributed by atoms with Gasteiger partial charge >= 0.3 is 6.09 Å². The number of hydrogen-bond donors (Lipinski definition) is 3. The van der Waals surface area contributed by atoms with Gasteiger partial charge in [-0.3, -0.25) is 9.59 Å². The molecule has 0 aliphatic rings. The van der Waals surface area contributed by atoms with Crippen LogP contribution in [0, 0.1) is 6.92 Å². The van der Waals surface area contributed by atoms with E-state index in [1.54, 1.807) is 59.7 Å². The van der Waals surface area contributed by atoms with E-state index < -0.39 is 35.6 Å². The van der Waals surface area contributed by atoms with Gasteiger partial charge in [-0.05, 0) is 77.8 Å². The van der Waals surface area contributed by atoms with Gasteiger partial charge in [0.2, 0.25) is 5.91 Å². The van der Waals surface area contributed by atoms with Crippen molar-refractivity contribution >= 4 is 23.6 Å². The van der Waals surface area contributed by atoms with Crippen LogP contribution in [0.4, 0.5) is 10.5 Å². The molecule has 0 aliphatic heterocycles. The van der Waals surface area contributed by atoms with E-state index in [1.807, 2.05) is 25.1 Å². The molecule has 0 heterocycles. The van der Waals surface area contributed by atoms with Gasteiger partial charge in [-0.2, -0.15) is 0 Å². The van der Waals surface area contributed by atoms with Crippen LogP contribution in [-0.4, -0.2) is 45.6 Å². The normalized spacial score (nSPS) is 13.1. The van der Waals surface area contributed by atoms with Gasteiger partial charge in [-0.15, -0.1) is 0 Å². The van der Waals surface area contributed by atoms with E-state index in [1.165, 1.54) is 17.0 Å². The molecule has 2 aromatic rings. The van der Waals surface area contributed by atoms with Gasteiger partial charge in [-0.25, -0.2) is 4.79 Å².